The highest BCUT2D eigenvalue weighted by Crippen LogP contribution is 2.59. The number of halogens is 2. The zero-order valence-corrected chi connectivity index (χ0v) is 20.7. The fourth-order valence-electron chi connectivity index (χ4n) is 6.85. The predicted molar refractivity (Wildman–Crippen MR) is 121 cm³/mol. The number of ether oxygens (including phenoxy) is 4. The Bertz CT molecular complexity index is 824. The first-order valence-electron chi connectivity index (χ1n) is 12.5. The molecule has 0 N–H and O–H groups in total. The van der Waals surface area contributed by atoms with Gasteiger partial charge in [0.2, 0.25) is 0 Å². The van der Waals surface area contributed by atoms with E-state index in [-0.39, 0.29) is 53.5 Å². The van der Waals surface area contributed by atoms with Crippen molar-refractivity contribution in [3.63, 3.8) is 0 Å². The van der Waals surface area contributed by atoms with E-state index in [1.54, 1.807) is 16.9 Å². The molecule has 0 aromatic rings. The molecule has 192 valence electrons. The van der Waals surface area contributed by atoms with Crippen LogP contribution in [-0.2, 0) is 18.9 Å². The first-order chi connectivity index (χ1) is 16.1. The number of amides is 1. The number of methoxy groups -OCH3 is 1. The second-order valence-electron chi connectivity index (χ2n) is 11.5. The molecule has 0 aromatic carbocycles. The highest BCUT2D eigenvalue weighted by atomic mass is 19.3. The summed E-state index contributed by atoms with van der Waals surface area (Å²) in [6.07, 6.45) is 2.18. The summed E-state index contributed by atoms with van der Waals surface area (Å²) in [5.41, 5.74) is 0.575. The third-order valence-electron chi connectivity index (χ3n) is 8.70. The molecule has 4 aliphatic heterocycles. The molecular weight excluding hydrogens is 446 g/mol. The van der Waals surface area contributed by atoms with Gasteiger partial charge in [-0.2, -0.15) is 0 Å². The molecule has 0 radical (unpaired) electrons. The van der Waals surface area contributed by atoms with Gasteiger partial charge in [-0.3, -0.25) is 4.90 Å². The quantitative estimate of drug-likeness (QED) is 0.407. The van der Waals surface area contributed by atoms with E-state index >= 15 is 0 Å². The lowest BCUT2D eigenvalue weighted by Crippen LogP contribution is -2.59. The van der Waals surface area contributed by atoms with Gasteiger partial charge in [-0.15, -0.1) is 0 Å². The van der Waals surface area contributed by atoms with Crippen molar-refractivity contribution in [2.45, 2.75) is 82.4 Å². The molecular formula is C25H38F2N2O5. The third kappa shape index (κ3) is 4.38. The van der Waals surface area contributed by atoms with E-state index < -0.39 is 6.43 Å². The molecule has 1 saturated carbocycles. The van der Waals surface area contributed by atoms with Crippen LogP contribution in [0.1, 0.15) is 46.5 Å². The molecule has 6 atom stereocenters. The molecule has 5 aliphatic rings. The van der Waals surface area contributed by atoms with Crippen LogP contribution >= 0.6 is 0 Å². The molecule has 5 fully saturated rings. The van der Waals surface area contributed by atoms with Gasteiger partial charge in [0.15, 0.2) is 0 Å². The molecule has 5 rings (SSSR count). The van der Waals surface area contributed by atoms with Crippen LogP contribution < -0.4 is 0 Å². The number of carbonyl (C=O) groups excluding carboxylic acids is 1. The van der Waals surface area contributed by atoms with Crippen LogP contribution in [0, 0.1) is 11.3 Å². The first kappa shape index (κ1) is 24.4. The minimum atomic E-state index is -2.32. The van der Waals surface area contributed by atoms with Crippen molar-refractivity contribution in [3.05, 3.63) is 11.6 Å². The zero-order valence-electron chi connectivity index (χ0n) is 20.7. The van der Waals surface area contributed by atoms with Gasteiger partial charge in [0.05, 0.1) is 25.2 Å². The maximum atomic E-state index is 13.1. The molecule has 1 aliphatic carbocycles. The number of alkyl halides is 2. The summed E-state index contributed by atoms with van der Waals surface area (Å²) in [4.78, 5) is 16.6. The van der Waals surface area contributed by atoms with Crippen LogP contribution in [0.4, 0.5) is 13.6 Å². The molecule has 0 bridgehead atoms. The fraction of sp³-hybridized carbons (Fsp3) is 0.880. The smallest absolute Gasteiger partial charge is 0.410 e. The van der Waals surface area contributed by atoms with E-state index in [0.717, 1.165) is 19.3 Å². The summed E-state index contributed by atoms with van der Waals surface area (Å²) in [6, 6.07) is 0. The fourth-order valence-corrected chi connectivity index (χ4v) is 6.85. The minimum absolute atomic E-state index is 0.00781. The average molecular weight is 485 g/mol. The van der Waals surface area contributed by atoms with E-state index in [1.165, 1.54) is 5.57 Å². The van der Waals surface area contributed by atoms with Gasteiger partial charge in [0, 0.05) is 38.7 Å². The summed E-state index contributed by atoms with van der Waals surface area (Å²) in [5.74, 6) is -0.00781. The number of rotatable bonds is 7. The van der Waals surface area contributed by atoms with Crippen molar-refractivity contribution in [2.75, 3.05) is 46.4 Å². The first-order valence-corrected chi connectivity index (χ1v) is 12.5. The number of nitrogens with zero attached hydrogens (tertiary/aromatic N) is 2. The van der Waals surface area contributed by atoms with Gasteiger partial charge in [-0.1, -0.05) is 11.6 Å². The van der Waals surface area contributed by atoms with E-state index in [9.17, 15) is 13.6 Å². The topological polar surface area (TPSA) is 67.1 Å². The summed E-state index contributed by atoms with van der Waals surface area (Å²) >= 11 is 0. The Balaban J connectivity index is 1.21. The minimum Gasteiger partial charge on any atom is -0.443 e. The van der Waals surface area contributed by atoms with Gasteiger partial charge < -0.3 is 23.8 Å². The Labute approximate surface area is 200 Å². The second-order valence-corrected chi connectivity index (χ2v) is 11.5. The maximum Gasteiger partial charge on any atom is 0.410 e. The van der Waals surface area contributed by atoms with Gasteiger partial charge in [-0.25, -0.2) is 13.6 Å². The van der Waals surface area contributed by atoms with Gasteiger partial charge in [0.1, 0.15) is 23.4 Å². The Kier molecular flexibility index (Phi) is 6.23. The molecule has 4 heterocycles. The normalized spacial score (nSPS) is 40.5. The number of hydrogen-bond donors (Lipinski definition) is 0. The van der Waals surface area contributed by atoms with Crippen molar-refractivity contribution in [2.24, 2.45) is 11.3 Å². The second kappa shape index (κ2) is 8.68. The highest BCUT2D eigenvalue weighted by molar-refractivity contribution is 5.68. The highest BCUT2D eigenvalue weighted by Gasteiger charge is 2.72. The van der Waals surface area contributed by atoms with Crippen LogP contribution in [0.3, 0.4) is 0 Å². The summed E-state index contributed by atoms with van der Waals surface area (Å²) in [7, 11) is 1.67. The summed E-state index contributed by atoms with van der Waals surface area (Å²) < 4.78 is 49.5. The third-order valence-corrected chi connectivity index (χ3v) is 8.70. The molecule has 1 amide bonds. The standard InChI is InChI=1S/C25H38F2N2O5/c1-16(2)5-6-18-23(3,34-18)21-20(31-4)17(7-8-25(21)15-32-25)33-22(30)29-10-9-24(14-29)12-28(13-24)11-19(26)27/h5,17-21H,6-15H2,1-4H3/t17?,18-,20?,21?,23+,25?/m1/s1. The zero-order chi connectivity index (χ0) is 24.3. The van der Waals surface area contributed by atoms with Crippen LogP contribution in [0.15, 0.2) is 11.6 Å². The Morgan fingerprint density at radius 1 is 1.24 bits per heavy atom. The van der Waals surface area contributed by atoms with Crippen molar-refractivity contribution < 1.29 is 32.5 Å². The van der Waals surface area contributed by atoms with Crippen LogP contribution in [-0.4, -0.2) is 98.3 Å². The lowest BCUT2D eigenvalue weighted by Gasteiger charge is -2.48. The lowest BCUT2D eigenvalue weighted by atomic mass is 9.68. The van der Waals surface area contributed by atoms with E-state index in [0.29, 0.717) is 39.2 Å². The number of likely N-dealkylation sites (tertiary alicyclic amines) is 2. The van der Waals surface area contributed by atoms with Crippen LogP contribution in [0.25, 0.3) is 0 Å². The largest absolute Gasteiger partial charge is 0.443 e. The predicted octanol–water partition coefficient (Wildman–Crippen LogP) is 3.47. The molecule has 4 unspecified atom stereocenters. The van der Waals surface area contributed by atoms with Gasteiger partial charge in [0.25, 0.3) is 6.43 Å². The van der Waals surface area contributed by atoms with E-state index in [1.807, 2.05) is 0 Å². The van der Waals surface area contributed by atoms with Crippen molar-refractivity contribution in [3.8, 4) is 0 Å². The Morgan fingerprint density at radius 2 is 1.97 bits per heavy atom. The molecule has 0 aromatic heterocycles. The molecule has 7 nitrogen and oxygen atoms in total. The molecule has 34 heavy (non-hydrogen) atoms. The van der Waals surface area contributed by atoms with Gasteiger partial charge in [-0.05, 0) is 46.5 Å². The SMILES string of the molecule is COC1C(OC(=O)N2CCC3(CN(CC(F)F)C3)C2)CCC2(CO2)C1[C@@]1(C)O[C@@H]1CC=C(C)C. The Hall–Kier alpha value is -1.29. The van der Waals surface area contributed by atoms with Crippen molar-refractivity contribution in [1.29, 1.82) is 0 Å². The summed E-state index contributed by atoms with van der Waals surface area (Å²) in [6.45, 7) is 9.22. The molecule has 9 heteroatoms. The van der Waals surface area contributed by atoms with E-state index in [4.69, 9.17) is 18.9 Å². The number of allylic oxidation sites excluding steroid dienone is 1. The van der Waals surface area contributed by atoms with Crippen molar-refractivity contribution >= 4 is 6.09 Å². The number of carbonyl (C=O) groups is 1. The van der Waals surface area contributed by atoms with Crippen LogP contribution in [0.5, 0.6) is 0 Å². The maximum absolute atomic E-state index is 13.1. The van der Waals surface area contributed by atoms with Crippen LogP contribution in [0.2, 0.25) is 0 Å². The molecule has 4 saturated heterocycles. The average Bonchev–Trinajstić information content (AvgIpc) is 3.61. The van der Waals surface area contributed by atoms with Gasteiger partial charge >= 0.3 is 6.09 Å². The monoisotopic (exact) mass is 484 g/mol. The lowest BCUT2D eigenvalue weighted by molar-refractivity contribution is -0.122. The number of epoxide rings is 2. The number of hydrogen-bond acceptors (Lipinski definition) is 6. The molecule has 2 spiro atoms. The van der Waals surface area contributed by atoms with E-state index in [2.05, 4.69) is 26.8 Å². The Morgan fingerprint density at radius 3 is 2.59 bits per heavy atom. The summed E-state index contributed by atoms with van der Waals surface area (Å²) in [5, 5.41) is 0. The van der Waals surface area contributed by atoms with Crippen molar-refractivity contribution in [1.82, 2.24) is 9.80 Å².